The number of para-hydroxylation sites is 1. The lowest BCUT2D eigenvalue weighted by molar-refractivity contribution is -0.117. The van der Waals surface area contributed by atoms with Crippen molar-refractivity contribution in [1.82, 2.24) is 5.32 Å². The number of fused-ring (bicyclic) bond motifs is 1. The van der Waals surface area contributed by atoms with Crippen LogP contribution in [0.15, 0.2) is 57.7 Å². The van der Waals surface area contributed by atoms with E-state index in [9.17, 15) is 9.59 Å². The molecule has 1 heterocycles. The molecule has 30 heavy (non-hydrogen) atoms. The molecule has 2 aromatic carbocycles. The van der Waals surface area contributed by atoms with E-state index in [1.165, 1.54) is 6.07 Å². The van der Waals surface area contributed by atoms with E-state index in [4.69, 9.17) is 9.15 Å². The first-order valence-electron chi connectivity index (χ1n) is 9.93. The average Bonchev–Trinajstić information content (AvgIpc) is 2.76. The number of hydrogen-bond acceptors (Lipinski definition) is 6. The molecule has 2 N–H and O–H groups in total. The Morgan fingerprint density at radius 2 is 1.97 bits per heavy atom. The average molecular weight is 409 g/mol. The Morgan fingerprint density at radius 3 is 2.70 bits per heavy atom. The van der Waals surface area contributed by atoms with Crippen molar-refractivity contribution in [2.24, 2.45) is 0 Å². The Morgan fingerprint density at radius 1 is 1.20 bits per heavy atom. The maximum absolute atomic E-state index is 12.6. The van der Waals surface area contributed by atoms with Crippen LogP contribution in [-0.2, 0) is 4.79 Å². The quantitative estimate of drug-likeness (QED) is 0.549. The number of ether oxygens (including phenoxy) is 1. The number of methoxy groups -OCH3 is 1. The highest BCUT2D eigenvalue weighted by Gasteiger charge is 2.17. The SMILES string of the molecule is CCCNC(C)C(=O)Nc1cc(N(C)c2cc(=O)oc3ccccc23)ccc1OC. The summed E-state index contributed by atoms with van der Waals surface area (Å²) in [5.74, 6) is 0.410. The fourth-order valence-corrected chi connectivity index (χ4v) is 3.21. The Labute approximate surface area is 175 Å². The van der Waals surface area contributed by atoms with Crippen LogP contribution in [-0.4, -0.2) is 32.7 Å². The van der Waals surface area contributed by atoms with Crippen LogP contribution in [0.25, 0.3) is 11.0 Å². The number of benzene rings is 2. The fourth-order valence-electron chi connectivity index (χ4n) is 3.21. The van der Waals surface area contributed by atoms with Crippen LogP contribution in [0.5, 0.6) is 5.75 Å². The first kappa shape index (κ1) is 21.4. The molecular weight excluding hydrogens is 382 g/mol. The zero-order valence-electron chi connectivity index (χ0n) is 17.7. The second-order valence-corrected chi connectivity index (χ2v) is 7.06. The van der Waals surface area contributed by atoms with Crippen molar-refractivity contribution in [3.05, 3.63) is 59.0 Å². The van der Waals surface area contributed by atoms with Gasteiger partial charge in [0.25, 0.3) is 0 Å². The predicted octanol–water partition coefficient (Wildman–Crippen LogP) is 3.90. The molecule has 0 bridgehead atoms. The Bertz CT molecular complexity index is 1090. The van der Waals surface area contributed by atoms with Gasteiger partial charge in [-0.05, 0) is 50.2 Å². The minimum Gasteiger partial charge on any atom is -0.495 e. The normalized spacial score (nSPS) is 11.9. The smallest absolute Gasteiger partial charge is 0.338 e. The summed E-state index contributed by atoms with van der Waals surface area (Å²) >= 11 is 0. The van der Waals surface area contributed by atoms with E-state index in [0.717, 1.165) is 24.0 Å². The molecule has 0 aliphatic rings. The molecular formula is C23H27N3O4. The van der Waals surface area contributed by atoms with Crippen LogP contribution in [0.3, 0.4) is 0 Å². The third-order valence-corrected chi connectivity index (χ3v) is 4.91. The lowest BCUT2D eigenvalue weighted by Gasteiger charge is -2.23. The maximum Gasteiger partial charge on any atom is 0.338 e. The van der Waals surface area contributed by atoms with Crippen molar-refractivity contribution in [2.45, 2.75) is 26.3 Å². The number of carbonyl (C=O) groups is 1. The van der Waals surface area contributed by atoms with Crippen LogP contribution in [0.1, 0.15) is 20.3 Å². The molecule has 0 aliphatic heterocycles. The first-order valence-corrected chi connectivity index (χ1v) is 9.93. The van der Waals surface area contributed by atoms with Crippen LogP contribution in [0, 0.1) is 0 Å². The van der Waals surface area contributed by atoms with Gasteiger partial charge in [0.15, 0.2) is 0 Å². The number of anilines is 3. The number of rotatable bonds is 8. The summed E-state index contributed by atoms with van der Waals surface area (Å²) in [7, 11) is 3.42. The second kappa shape index (κ2) is 9.45. The van der Waals surface area contributed by atoms with Gasteiger partial charge in [-0.2, -0.15) is 0 Å². The number of nitrogens with one attached hydrogen (secondary N) is 2. The molecule has 0 saturated carbocycles. The van der Waals surface area contributed by atoms with E-state index in [0.29, 0.717) is 22.7 Å². The first-order chi connectivity index (χ1) is 14.4. The molecule has 1 atom stereocenters. The van der Waals surface area contributed by atoms with E-state index in [1.807, 2.05) is 56.1 Å². The van der Waals surface area contributed by atoms with Gasteiger partial charge in [0.1, 0.15) is 11.3 Å². The highest BCUT2D eigenvalue weighted by atomic mass is 16.5. The summed E-state index contributed by atoms with van der Waals surface area (Å²) in [5.41, 5.74) is 2.15. The standard InChI is InChI=1S/C23H27N3O4/c1-5-12-24-15(2)23(28)25-18-13-16(10-11-21(18)29-4)26(3)19-14-22(27)30-20-9-7-6-8-17(19)20/h6-11,13-15,24H,5,12H2,1-4H3,(H,25,28). The molecule has 0 spiro atoms. The number of amides is 1. The zero-order chi connectivity index (χ0) is 21.7. The molecule has 7 nitrogen and oxygen atoms in total. The number of hydrogen-bond donors (Lipinski definition) is 2. The van der Waals surface area contributed by atoms with Crippen molar-refractivity contribution >= 4 is 33.9 Å². The highest BCUT2D eigenvalue weighted by Crippen LogP contribution is 2.34. The lowest BCUT2D eigenvalue weighted by Crippen LogP contribution is -2.38. The predicted molar refractivity (Wildman–Crippen MR) is 120 cm³/mol. The minimum atomic E-state index is -0.423. The van der Waals surface area contributed by atoms with Gasteiger partial charge >= 0.3 is 5.63 Å². The van der Waals surface area contributed by atoms with Gasteiger partial charge < -0.3 is 24.7 Å². The van der Waals surface area contributed by atoms with Gasteiger partial charge in [0, 0.05) is 24.2 Å². The number of carbonyl (C=O) groups excluding carboxylic acids is 1. The summed E-state index contributed by atoms with van der Waals surface area (Å²) in [5, 5.41) is 6.92. The van der Waals surface area contributed by atoms with Crippen LogP contribution < -0.4 is 25.9 Å². The van der Waals surface area contributed by atoms with Crippen molar-refractivity contribution in [1.29, 1.82) is 0 Å². The van der Waals surface area contributed by atoms with Crippen molar-refractivity contribution in [2.75, 3.05) is 30.9 Å². The van der Waals surface area contributed by atoms with Crippen LogP contribution in [0.2, 0.25) is 0 Å². The molecule has 3 aromatic rings. The van der Waals surface area contributed by atoms with Crippen molar-refractivity contribution in [3.63, 3.8) is 0 Å². The van der Waals surface area contributed by atoms with E-state index >= 15 is 0 Å². The van der Waals surface area contributed by atoms with Gasteiger partial charge in [-0.15, -0.1) is 0 Å². The third kappa shape index (κ3) is 4.63. The molecule has 0 radical (unpaired) electrons. The van der Waals surface area contributed by atoms with E-state index in [1.54, 1.807) is 19.2 Å². The highest BCUT2D eigenvalue weighted by molar-refractivity contribution is 5.97. The van der Waals surface area contributed by atoms with E-state index in [-0.39, 0.29) is 11.9 Å². The number of nitrogens with zero attached hydrogens (tertiary/aromatic N) is 1. The Balaban J connectivity index is 1.95. The summed E-state index contributed by atoms with van der Waals surface area (Å²) in [6, 6.07) is 14.0. The van der Waals surface area contributed by atoms with Gasteiger partial charge in [0.05, 0.1) is 24.5 Å². The second-order valence-electron chi connectivity index (χ2n) is 7.06. The molecule has 0 saturated heterocycles. The zero-order valence-corrected chi connectivity index (χ0v) is 17.7. The summed E-state index contributed by atoms with van der Waals surface area (Å²) in [6.45, 7) is 4.63. The van der Waals surface area contributed by atoms with Gasteiger partial charge in [-0.3, -0.25) is 4.79 Å². The summed E-state index contributed by atoms with van der Waals surface area (Å²) in [6.07, 6.45) is 0.945. The molecule has 158 valence electrons. The fraction of sp³-hybridized carbons (Fsp3) is 0.304. The largest absolute Gasteiger partial charge is 0.495 e. The van der Waals surface area contributed by atoms with Gasteiger partial charge in [-0.1, -0.05) is 19.1 Å². The molecule has 1 amide bonds. The van der Waals surface area contributed by atoms with E-state index in [2.05, 4.69) is 10.6 Å². The summed E-state index contributed by atoms with van der Waals surface area (Å²) in [4.78, 5) is 26.5. The third-order valence-electron chi connectivity index (χ3n) is 4.91. The molecule has 1 aromatic heterocycles. The minimum absolute atomic E-state index is 0.146. The van der Waals surface area contributed by atoms with Gasteiger partial charge in [0.2, 0.25) is 5.91 Å². The Hall–Kier alpha value is -3.32. The maximum atomic E-state index is 12.6. The topological polar surface area (TPSA) is 83.8 Å². The van der Waals surface area contributed by atoms with E-state index < -0.39 is 5.63 Å². The van der Waals surface area contributed by atoms with Crippen molar-refractivity contribution < 1.29 is 13.9 Å². The van der Waals surface area contributed by atoms with Crippen LogP contribution >= 0.6 is 0 Å². The molecule has 3 rings (SSSR count). The molecule has 0 aliphatic carbocycles. The van der Waals surface area contributed by atoms with Crippen LogP contribution in [0.4, 0.5) is 17.1 Å². The monoisotopic (exact) mass is 409 g/mol. The molecule has 0 fully saturated rings. The lowest BCUT2D eigenvalue weighted by atomic mass is 10.1. The Kier molecular flexibility index (Phi) is 6.74. The molecule has 1 unspecified atom stereocenters. The molecule has 7 heteroatoms. The summed E-state index contributed by atoms with van der Waals surface area (Å²) < 4.78 is 10.7. The van der Waals surface area contributed by atoms with Crippen molar-refractivity contribution in [3.8, 4) is 5.75 Å². The van der Waals surface area contributed by atoms with Gasteiger partial charge in [-0.25, -0.2) is 4.79 Å².